The number of nitriles is 1. The molecule has 17 heavy (non-hydrogen) atoms. The van der Waals surface area contributed by atoms with E-state index in [2.05, 4.69) is 0 Å². The van der Waals surface area contributed by atoms with Crippen LogP contribution < -0.4 is 0 Å². The summed E-state index contributed by atoms with van der Waals surface area (Å²) in [6, 6.07) is 1.83. The first-order chi connectivity index (χ1) is 7.83. The Labute approximate surface area is 97.6 Å². The summed E-state index contributed by atoms with van der Waals surface area (Å²) in [4.78, 5) is 14.3. The van der Waals surface area contributed by atoms with Gasteiger partial charge in [0.2, 0.25) is 5.91 Å². The van der Waals surface area contributed by atoms with Gasteiger partial charge in [-0.2, -0.15) is 18.4 Å². The summed E-state index contributed by atoms with van der Waals surface area (Å²) >= 11 is 0. The Kier molecular flexibility index (Phi) is 4.34. The van der Waals surface area contributed by atoms with Crippen LogP contribution in [0.3, 0.4) is 0 Å². The van der Waals surface area contributed by atoms with Gasteiger partial charge in [0.25, 0.3) is 0 Å². The van der Waals surface area contributed by atoms with E-state index in [1.807, 2.05) is 6.07 Å². The summed E-state index contributed by atoms with van der Waals surface area (Å²) in [7, 11) is 0. The first kappa shape index (κ1) is 13.8. The zero-order valence-electron chi connectivity index (χ0n) is 9.50. The molecule has 0 N–H and O–H groups in total. The van der Waals surface area contributed by atoms with Crippen molar-refractivity contribution in [2.24, 2.45) is 5.92 Å². The molecule has 0 saturated carbocycles. The lowest BCUT2D eigenvalue weighted by Crippen LogP contribution is -2.51. The molecular formula is C10H14F3N3O. The third-order valence-corrected chi connectivity index (χ3v) is 2.65. The molecule has 96 valence electrons. The lowest BCUT2D eigenvalue weighted by molar-refractivity contribution is -0.152. The molecule has 0 aromatic carbocycles. The zero-order chi connectivity index (χ0) is 13.1. The van der Waals surface area contributed by atoms with Gasteiger partial charge in [-0.3, -0.25) is 9.69 Å². The first-order valence-electron chi connectivity index (χ1n) is 5.31. The smallest absolute Gasteiger partial charge is 0.339 e. The fourth-order valence-electron chi connectivity index (χ4n) is 1.71. The summed E-state index contributed by atoms with van der Waals surface area (Å²) in [5.41, 5.74) is 0. The second kappa shape index (κ2) is 5.36. The van der Waals surface area contributed by atoms with E-state index in [1.54, 1.807) is 0 Å². The quantitative estimate of drug-likeness (QED) is 0.729. The third-order valence-electron chi connectivity index (χ3n) is 2.65. The van der Waals surface area contributed by atoms with Crippen molar-refractivity contribution in [3.8, 4) is 6.07 Å². The zero-order valence-corrected chi connectivity index (χ0v) is 9.50. The fraction of sp³-hybridized carbons (Fsp3) is 0.800. The van der Waals surface area contributed by atoms with Crippen LogP contribution in [0.25, 0.3) is 0 Å². The fourth-order valence-corrected chi connectivity index (χ4v) is 1.71. The Morgan fingerprint density at radius 3 is 2.29 bits per heavy atom. The van der Waals surface area contributed by atoms with Gasteiger partial charge < -0.3 is 4.90 Å². The lowest BCUT2D eigenvalue weighted by atomic mass is 10.1. The maximum Gasteiger partial charge on any atom is 0.401 e. The Balaban J connectivity index is 2.41. The minimum Gasteiger partial charge on any atom is -0.339 e. The average Bonchev–Trinajstić information content (AvgIpc) is 2.26. The van der Waals surface area contributed by atoms with Gasteiger partial charge in [-0.1, -0.05) is 0 Å². The molecule has 0 bridgehead atoms. The molecule has 0 radical (unpaired) electrons. The highest BCUT2D eigenvalue weighted by Gasteiger charge is 2.33. The van der Waals surface area contributed by atoms with E-state index >= 15 is 0 Å². The van der Waals surface area contributed by atoms with Gasteiger partial charge in [0.05, 0.1) is 12.6 Å². The van der Waals surface area contributed by atoms with Crippen molar-refractivity contribution in [3.05, 3.63) is 0 Å². The Bertz CT molecular complexity index is 316. The number of piperazine rings is 1. The van der Waals surface area contributed by atoms with Gasteiger partial charge >= 0.3 is 6.18 Å². The summed E-state index contributed by atoms with van der Waals surface area (Å²) in [6.07, 6.45) is -4.20. The Morgan fingerprint density at radius 1 is 1.35 bits per heavy atom. The van der Waals surface area contributed by atoms with Crippen LogP contribution in [0.15, 0.2) is 0 Å². The van der Waals surface area contributed by atoms with Crippen LogP contribution in [0.1, 0.15) is 6.92 Å². The van der Waals surface area contributed by atoms with Crippen molar-refractivity contribution in [1.82, 2.24) is 9.80 Å². The molecule has 1 atom stereocenters. The van der Waals surface area contributed by atoms with Crippen LogP contribution in [0, 0.1) is 17.2 Å². The number of hydrogen-bond acceptors (Lipinski definition) is 3. The van der Waals surface area contributed by atoms with Crippen LogP contribution in [-0.2, 0) is 4.79 Å². The SMILES string of the molecule is CC(C#N)C(=O)N1CCN(CC(F)(F)F)CC1. The van der Waals surface area contributed by atoms with E-state index in [1.165, 1.54) is 16.7 Å². The highest BCUT2D eigenvalue weighted by Crippen LogP contribution is 2.17. The molecule has 1 heterocycles. The van der Waals surface area contributed by atoms with Crippen LogP contribution in [0.2, 0.25) is 0 Å². The minimum atomic E-state index is -4.20. The molecule has 0 spiro atoms. The number of nitrogens with zero attached hydrogens (tertiary/aromatic N) is 3. The van der Waals surface area contributed by atoms with E-state index in [0.29, 0.717) is 0 Å². The molecule has 1 fully saturated rings. The topological polar surface area (TPSA) is 47.3 Å². The number of amides is 1. The number of carbonyl (C=O) groups excluding carboxylic acids is 1. The van der Waals surface area contributed by atoms with Gasteiger partial charge in [-0.15, -0.1) is 0 Å². The highest BCUT2D eigenvalue weighted by atomic mass is 19.4. The minimum absolute atomic E-state index is 0.198. The summed E-state index contributed by atoms with van der Waals surface area (Å²) < 4.78 is 36.3. The van der Waals surface area contributed by atoms with E-state index in [0.717, 1.165) is 0 Å². The van der Waals surface area contributed by atoms with Crippen LogP contribution in [-0.4, -0.2) is 54.6 Å². The second-order valence-corrected chi connectivity index (χ2v) is 4.07. The average molecular weight is 249 g/mol. The monoisotopic (exact) mass is 249 g/mol. The van der Waals surface area contributed by atoms with Gasteiger partial charge in [0, 0.05) is 26.2 Å². The predicted octanol–water partition coefficient (Wildman–Crippen LogP) is 0.853. The summed E-state index contributed by atoms with van der Waals surface area (Å²) in [5, 5.41) is 8.58. The van der Waals surface area contributed by atoms with Crippen molar-refractivity contribution in [2.45, 2.75) is 13.1 Å². The summed E-state index contributed by atoms with van der Waals surface area (Å²) in [6.45, 7) is 1.45. The second-order valence-electron chi connectivity index (χ2n) is 4.07. The van der Waals surface area contributed by atoms with Crippen LogP contribution >= 0.6 is 0 Å². The molecule has 0 aliphatic carbocycles. The molecule has 7 heteroatoms. The number of carbonyl (C=O) groups is 1. The molecule has 1 aliphatic rings. The van der Waals surface area contributed by atoms with Crippen molar-refractivity contribution in [1.29, 1.82) is 5.26 Å². The molecule has 1 aliphatic heterocycles. The van der Waals surface area contributed by atoms with Gasteiger partial charge in [0.15, 0.2) is 0 Å². The molecule has 1 saturated heterocycles. The van der Waals surface area contributed by atoms with Crippen molar-refractivity contribution >= 4 is 5.91 Å². The first-order valence-corrected chi connectivity index (χ1v) is 5.31. The van der Waals surface area contributed by atoms with Crippen molar-refractivity contribution < 1.29 is 18.0 Å². The normalized spacial score (nSPS) is 19.8. The molecule has 0 aromatic heterocycles. The van der Waals surface area contributed by atoms with Gasteiger partial charge in [0.1, 0.15) is 5.92 Å². The van der Waals surface area contributed by atoms with Crippen LogP contribution in [0.5, 0.6) is 0 Å². The van der Waals surface area contributed by atoms with E-state index in [4.69, 9.17) is 5.26 Å². The number of rotatable bonds is 2. The van der Waals surface area contributed by atoms with E-state index < -0.39 is 18.6 Å². The molecule has 1 unspecified atom stereocenters. The van der Waals surface area contributed by atoms with Crippen molar-refractivity contribution in [3.63, 3.8) is 0 Å². The maximum atomic E-state index is 12.1. The lowest BCUT2D eigenvalue weighted by Gasteiger charge is -2.35. The highest BCUT2D eigenvalue weighted by molar-refractivity contribution is 5.80. The largest absolute Gasteiger partial charge is 0.401 e. The molecule has 1 amide bonds. The van der Waals surface area contributed by atoms with Gasteiger partial charge in [-0.25, -0.2) is 0 Å². The molecule has 1 rings (SSSR count). The van der Waals surface area contributed by atoms with Gasteiger partial charge in [-0.05, 0) is 6.92 Å². The van der Waals surface area contributed by atoms with E-state index in [-0.39, 0.29) is 32.1 Å². The molecule has 0 aromatic rings. The Hall–Kier alpha value is -1.29. The number of alkyl halides is 3. The third kappa shape index (κ3) is 4.23. The van der Waals surface area contributed by atoms with Crippen molar-refractivity contribution in [2.75, 3.05) is 32.7 Å². The Morgan fingerprint density at radius 2 is 1.88 bits per heavy atom. The maximum absolute atomic E-state index is 12.1. The number of hydrogen-bond donors (Lipinski definition) is 0. The molecular weight excluding hydrogens is 235 g/mol. The number of halogens is 3. The van der Waals surface area contributed by atoms with Crippen LogP contribution in [0.4, 0.5) is 13.2 Å². The molecule has 4 nitrogen and oxygen atoms in total. The standard InChI is InChI=1S/C10H14F3N3O/c1-8(6-14)9(17)16-4-2-15(3-5-16)7-10(11,12)13/h8H,2-5,7H2,1H3. The predicted molar refractivity (Wildman–Crippen MR) is 53.9 cm³/mol. The summed E-state index contributed by atoms with van der Waals surface area (Å²) in [5.74, 6) is -1.04. The van der Waals surface area contributed by atoms with E-state index in [9.17, 15) is 18.0 Å².